The summed E-state index contributed by atoms with van der Waals surface area (Å²) < 4.78 is 25.4. The smallest absolute Gasteiger partial charge is 0.150 e. The maximum Gasteiger partial charge on any atom is 0.150 e. The second-order valence-electron chi connectivity index (χ2n) is 5.39. The lowest BCUT2D eigenvalue weighted by Crippen LogP contribution is -2.28. The van der Waals surface area contributed by atoms with Crippen molar-refractivity contribution in [2.24, 2.45) is 5.92 Å². The van der Waals surface area contributed by atoms with Gasteiger partial charge in [0, 0.05) is 12.2 Å². The molecule has 2 atom stereocenters. The molecular formula is C12H19N3O2S. The first-order valence-corrected chi connectivity index (χ1v) is 8.32. The van der Waals surface area contributed by atoms with Crippen molar-refractivity contribution in [2.75, 3.05) is 18.6 Å². The van der Waals surface area contributed by atoms with Gasteiger partial charge in [-0.15, -0.1) is 0 Å². The van der Waals surface area contributed by atoms with Crippen LogP contribution in [0.15, 0.2) is 12.5 Å². The third-order valence-electron chi connectivity index (χ3n) is 4.00. The average molecular weight is 269 g/mol. The summed E-state index contributed by atoms with van der Waals surface area (Å²) in [5.41, 5.74) is 1.14. The molecule has 1 saturated heterocycles. The van der Waals surface area contributed by atoms with E-state index in [1.165, 1.54) is 12.8 Å². The Kier molecular flexibility index (Phi) is 2.94. The highest BCUT2D eigenvalue weighted by Crippen LogP contribution is 2.39. The van der Waals surface area contributed by atoms with Gasteiger partial charge in [0.25, 0.3) is 0 Å². The lowest BCUT2D eigenvalue weighted by atomic mass is 9.96. The molecule has 1 aliphatic carbocycles. The molecular weight excluding hydrogens is 250 g/mol. The normalized spacial score (nSPS) is 28.4. The first-order chi connectivity index (χ1) is 8.61. The molecule has 0 aromatic carbocycles. The molecule has 5 nitrogen and oxygen atoms in total. The van der Waals surface area contributed by atoms with E-state index in [9.17, 15) is 8.42 Å². The van der Waals surface area contributed by atoms with E-state index in [4.69, 9.17) is 0 Å². The number of aromatic nitrogens is 2. The highest BCUT2D eigenvalue weighted by atomic mass is 32.2. The molecule has 18 heavy (non-hydrogen) atoms. The minimum absolute atomic E-state index is 0.102. The Hall–Kier alpha value is -0.880. The molecule has 2 unspecified atom stereocenters. The highest BCUT2D eigenvalue weighted by Gasteiger charge is 2.36. The van der Waals surface area contributed by atoms with Crippen LogP contribution in [0.4, 0.5) is 0 Å². The molecule has 3 rings (SSSR count). The quantitative estimate of drug-likeness (QED) is 0.882. The Morgan fingerprint density at radius 1 is 1.44 bits per heavy atom. The van der Waals surface area contributed by atoms with Gasteiger partial charge >= 0.3 is 0 Å². The minimum atomic E-state index is -2.83. The van der Waals surface area contributed by atoms with E-state index in [1.807, 2.05) is 19.6 Å². The van der Waals surface area contributed by atoms with E-state index in [0.717, 1.165) is 12.1 Å². The van der Waals surface area contributed by atoms with Gasteiger partial charge in [-0.3, -0.25) is 0 Å². The van der Waals surface area contributed by atoms with Crippen molar-refractivity contribution in [1.29, 1.82) is 0 Å². The molecule has 1 saturated carbocycles. The van der Waals surface area contributed by atoms with E-state index in [2.05, 4.69) is 14.9 Å². The molecule has 1 aromatic heterocycles. The lowest BCUT2D eigenvalue weighted by Gasteiger charge is -2.23. The molecule has 2 fully saturated rings. The van der Waals surface area contributed by atoms with Crippen LogP contribution in [0.25, 0.3) is 0 Å². The van der Waals surface area contributed by atoms with Gasteiger partial charge in [-0.1, -0.05) is 0 Å². The van der Waals surface area contributed by atoms with Gasteiger partial charge in [-0.25, -0.2) is 13.4 Å². The van der Waals surface area contributed by atoms with Crippen LogP contribution < -0.4 is 5.32 Å². The van der Waals surface area contributed by atoms with E-state index in [-0.39, 0.29) is 12.0 Å². The molecule has 100 valence electrons. The molecule has 0 spiro atoms. The van der Waals surface area contributed by atoms with Gasteiger partial charge in [0.15, 0.2) is 9.84 Å². The summed E-state index contributed by atoms with van der Waals surface area (Å²) >= 11 is 0. The van der Waals surface area contributed by atoms with Gasteiger partial charge in [0.1, 0.15) is 0 Å². The second kappa shape index (κ2) is 4.35. The number of nitrogens with zero attached hydrogens (tertiary/aromatic N) is 2. The lowest BCUT2D eigenvalue weighted by molar-refractivity contribution is 0.396. The summed E-state index contributed by atoms with van der Waals surface area (Å²) in [7, 11) is -0.926. The Labute approximate surface area is 108 Å². The Bertz CT molecular complexity index is 533. The van der Waals surface area contributed by atoms with Crippen molar-refractivity contribution in [3.63, 3.8) is 0 Å². The van der Waals surface area contributed by atoms with Gasteiger partial charge in [-0.2, -0.15) is 0 Å². The largest absolute Gasteiger partial charge is 0.330 e. The number of rotatable bonds is 4. The molecule has 1 N–H and O–H groups in total. The van der Waals surface area contributed by atoms with Crippen LogP contribution in [-0.4, -0.2) is 36.5 Å². The first-order valence-electron chi connectivity index (χ1n) is 6.50. The number of hydrogen-bond acceptors (Lipinski definition) is 4. The first kappa shape index (κ1) is 12.2. The number of imidazole rings is 1. The molecule has 2 aliphatic rings. The fraction of sp³-hybridized carbons (Fsp3) is 0.750. The van der Waals surface area contributed by atoms with Crippen molar-refractivity contribution in [3.05, 3.63) is 18.2 Å². The van der Waals surface area contributed by atoms with Crippen molar-refractivity contribution < 1.29 is 8.42 Å². The van der Waals surface area contributed by atoms with Crippen LogP contribution >= 0.6 is 0 Å². The SMILES string of the molecule is CNC(c1cncn1C1CC1)C1CCS(=O)(=O)C1. The molecule has 1 aromatic rings. The van der Waals surface area contributed by atoms with E-state index >= 15 is 0 Å². The van der Waals surface area contributed by atoms with Gasteiger partial charge in [0.05, 0.1) is 29.6 Å². The van der Waals surface area contributed by atoms with Gasteiger partial charge in [0.2, 0.25) is 0 Å². The van der Waals surface area contributed by atoms with Gasteiger partial charge < -0.3 is 9.88 Å². The van der Waals surface area contributed by atoms with Crippen molar-refractivity contribution in [3.8, 4) is 0 Å². The maximum atomic E-state index is 11.6. The summed E-state index contributed by atoms with van der Waals surface area (Å²) in [6.45, 7) is 0. The van der Waals surface area contributed by atoms with Crippen LogP contribution in [0, 0.1) is 5.92 Å². The molecule has 0 amide bonds. The van der Waals surface area contributed by atoms with Crippen molar-refractivity contribution >= 4 is 9.84 Å². The molecule has 2 heterocycles. The molecule has 1 aliphatic heterocycles. The summed E-state index contributed by atoms with van der Waals surface area (Å²) in [6, 6.07) is 0.682. The van der Waals surface area contributed by atoms with Gasteiger partial charge in [-0.05, 0) is 32.2 Å². The highest BCUT2D eigenvalue weighted by molar-refractivity contribution is 7.91. The third-order valence-corrected chi connectivity index (χ3v) is 5.80. The molecule has 0 bridgehead atoms. The molecule has 0 radical (unpaired) electrons. The number of hydrogen-bond donors (Lipinski definition) is 1. The van der Waals surface area contributed by atoms with Crippen LogP contribution in [-0.2, 0) is 9.84 Å². The summed E-state index contributed by atoms with van der Waals surface area (Å²) in [5.74, 6) is 0.802. The molecule has 6 heteroatoms. The third kappa shape index (κ3) is 2.19. The maximum absolute atomic E-state index is 11.6. The average Bonchev–Trinajstić information content (AvgIpc) is 2.95. The topological polar surface area (TPSA) is 64.0 Å². The Morgan fingerprint density at radius 3 is 2.78 bits per heavy atom. The standard InChI is InChI=1S/C12H19N3O2S/c1-13-12(9-4-5-18(16,17)7-9)11-6-14-8-15(11)10-2-3-10/h6,8-10,12-13H,2-5,7H2,1H3. The monoisotopic (exact) mass is 269 g/mol. The zero-order valence-corrected chi connectivity index (χ0v) is 11.4. The zero-order valence-electron chi connectivity index (χ0n) is 10.5. The predicted octanol–water partition coefficient (Wildman–Crippen LogP) is 0.913. The van der Waals surface area contributed by atoms with E-state index in [0.29, 0.717) is 17.5 Å². The number of nitrogens with one attached hydrogen (secondary N) is 1. The summed E-state index contributed by atoms with van der Waals surface area (Å²) in [6.07, 6.45) is 6.93. The van der Waals surface area contributed by atoms with Crippen molar-refractivity contribution in [2.45, 2.75) is 31.3 Å². The van der Waals surface area contributed by atoms with Crippen LogP contribution in [0.5, 0.6) is 0 Å². The van der Waals surface area contributed by atoms with Crippen LogP contribution in [0.1, 0.15) is 37.0 Å². The van der Waals surface area contributed by atoms with E-state index in [1.54, 1.807) is 0 Å². The predicted molar refractivity (Wildman–Crippen MR) is 69.1 cm³/mol. The minimum Gasteiger partial charge on any atom is -0.330 e. The fourth-order valence-electron chi connectivity index (χ4n) is 2.93. The summed E-state index contributed by atoms with van der Waals surface area (Å²) in [5, 5.41) is 3.28. The van der Waals surface area contributed by atoms with Crippen LogP contribution in [0.3, 0.4) is 0 Å². The Balaban J connectivity index is 1.85. The van der Waals surface area contributed by atoms with E-state index < -0.39 is 9.84 Å². The van der Waals surface area contributed by atoms with Crippen LogP contribution in [0.2, 0.25) is 0 Å². The number of sulfone groups is 1. The van der Waals surface area contributed by atoms with Crippen molar-refractivity contribution in [1.82, 2.24) is 14.9 Å². The Morgan fingerprint density at radius 2 is 2.22 bits per heavy atom. The fourth-order valence-corrected chi connectivity index (χ4v) is 4.77. The summed E-state index contributed by atoms with van der Waals surface area (Å²) in [4.78, 5) is 4.23. The second-order valence-corrected chi connectivity index (χ2v) is 7.62. The zero-order chi connectivity index (χ0) is 12.8.